The Morgan fingerprint density at radius 1 is 1.48 bits per heavy atom. The van der Waals surface area contributed by atoms with Gasteiger partial charge in [-0.25, -0.2) is 4.79 Å². The van der Waals surface area contributed by atoms with Crippen LogP contribution in [0, 0.1) is 5.92 Å². The molecule has 0 aromatic carbocycles. The largest absolute Gasteiger partial charge is 0.480 e. The molecule has 1 aromatic rings. The molecule has 0 bridgehead atoms. The number of nitrogens with zero attached hydrogens (tertiary/aromatic N) is 1. The number of thiophene rings is 1. The van der Waals surface area contributed by atoms with Crippen LogP contribution in [0.15, 0.2) is 17.5 Å². The predicted molar refractivity (Wildman–Crippen MR) is 78.2 cm³/mol. The van der Waals surface area contributed by atoms with E-state index in [2.05, 4.69) is 5.32 Å². The zero-order chi connectivity index (χ0) is 15.6. The molecule has 2 heterocycles. The van der Waals surface area contributed by atoms with Crippen molar-refractivity contribution in [2.24, 2.45) is 5.92 Å². The van der Waals surface area contributed by atoms with E-state index in [1.807, 2.05) is 6.92 Å². The number of rotatable bonds is 4. The lowest BCUT2D eigenvalue weighted by Gasteiger charge is -2.26. The molecule has 2 N–H and O–H groups in total. The van der Waals surface area contributed by atoms with Gasteiger partial charge in [0.1, 0.15) is 12.1 Å². The van der Waals surface area contributed by atoms with Gasteiger partial charge in [-0.05, 0) is 30.7 Å². The van der Waals surface area contributed by atoms with Crippen molar-refractivity contribution in [2.45, 2.75) is 32.4 Å². The molecule has 3 atom stereocenters. The van der Waals surface area contributed by atoms with E-state index in [9.17, 15) is 19.5 Å². The number of carboxylic acids is 1. The average molecular weight is 310 g/mol. The van der Waals surface area contributed by atoms with E-state index in [1.165, 1.54) is 16.2 Å². The molecule has 0 aliphatic carbocycles. The Labute approximate surface area is 126 Å². The minimum absolute atomic E-state index is 0.0772. The van der Waals surface area contributed by atoms with Crippen LogP contribution in [0.3, 0.4) is 0 Å². The van der Waals surface area contributed by atoms with E-state index in [-0.39, 0.29) is 17.7 Å². The fourth-order valence-corrected chi connectivity index (χ4v) is 3.18. The summed E-state index contributed by atoms with van der Waals surface area (Å²) >= 11 is 1.29. The van der Waals surface area contributed by atoms with Gasteiger partial charge in [0.05, 0.1) is 4.88 Å². The summed E-state index contributed by atoms with van der Waals surface area (Å²) in [7, 11) is 0. The molecule has 2 rings (SSSR count). The predicted octanol–water partition coefficient (Wildman–Crippen LogP) is 1.19. The summed E-state index contributed by atoms with van der Waals surface area (Å²) in [4.78, 5) is 37.4. The van der Waals surface area contributed by atoms with Crippen molar-refractivity contribution in [3.05, 3.63) is 22.4 Å². The van der Waals surface area contributed by atoms with Crippen LogP contribution in [-0.4, -0.2) is 46.4 Å². The molecule has 3 unspecified atom stereocenters. The van der Waals surface area contributed by atoms with Crippen LogP contribution < -0.4 is 5.32 Å². The highest BCUT2D eigenvalue weighted by Crippen LogP contribution is 2.24. The number of hydrogen-bond donors (Lipinski definition) is 2. The molecule has 1 fully saturated rings. The Morgan fingerprint density at radius 3 is 2.76 bits per heavy atom. The maximum absolute atomic E-state index is 12.4. The molecule has 2 amide bonds. The van der Waals surface area contributed by atoms with Gasteiger partial charge in [-0.2, -0.15) is 0 Å². The lowest BCUT2D eigenvalue weighted by Crippen LogP contribution is -2.51. The number of nitrogens with one attached hydrogen (secondary N) is 1. The van der Waals surface area contributed by atoms with E-state index in [0.29, 0.717) is 17.8 Å². The summed E-state index contributed by atoms with van der Waals surface area (Å²) in [6.45, 7) is 3.81. The van der Waals surface area contributed by atoms with Crippen LogP contribution in [0.4, 0.5) is 0 Å². The standard InChI is InChI=1S/C14H18N2O4S/c1-8-5-6-16(11(8)14(19)20)13(18)9(2)15-12(17)10-4-3-7-21-10/h3-4,7-9,11H,5-6H2,1-2H3,(H,15,17)(H,19,20). The number of likely N-dealkylation sites (tertiary alicyclic amines) is 1. The van der Waals surface area contributed by atoms with Crippen molar-refractivity contribution in [3.8, 4) is 0 Å². The van der Waals surface area contributed by atoms with Gasteiger partial charge in [0.25, 0.3) is 5.91 Å². The number of carbonyl (C=O) groups is 3. The third-order valence-electron chi connectivity index (χ3n) is 3.70. The highest BCUT2D eigenvalue weighted by molar-refractivity contribution is 7.12. The van der Waals surface area contributed by atoms with Crippen LogP contribution in [0.1, 0.15) is 29.9 Å². The summed E-state index contributed by atoms with van der Waals surface area (Å²) in [6, 6.07) is 1.88. The Bertz CT molecular complexity index is 543. The summed E-state index contributed by atoms with van der Waals surface area (Å²) in [5, 5.41) is 13.6. The SMILES string of the molecule is CC(NC(=O)c1cccs1)C(=O)N1CCC(C)C1C(=O)O. The quantitative estimate of drug-likeness (QED) is 0.874. The highest BCUT2D eigenvalue weighted by atomic mass is 32.1. The summed E-state index contributed by atoms with van der Waals surface area (Å²) in [5.41, 5.74) is 0. The maximum atomic E-state index is 12.4. The lowest BCUT2D eigenvalue weighted by atomic mass is 10.0. The number of amides is 2. The average Bonchev–Trinajstić information content (AvgIpc) is 3.06. The van der Waals surface area contributed by atoms with Crippen molar-refractivity contribution < 1.29 is 19.5 Å². The van der Waals surface area contributed by atoms with E-state index in [0.717, 1.165) is 0 Å². The molecule has 1 aliphatic heterocycles. The number of carbonyl (C=O) groups excluding carboxylic acids is 2. The molecule has 7 heteroatoms. The van der Waals surface area contributed by atoms with E-state index >= 15 is 0 Å². The van der Waals surface area contributed by atoms with Gasteiger partial charge in [0.2, 0.25) is 5.91 Å². The fraction of sp³-hybridized carbons (Fsp3) is 0.500. The molecule has 21 heavy (non-hydrogen) atoms. The molecule has 0 radical (unpaired) electrons. The number of aliphatic carboxylic acids is 1. The first-order chi connectivity index (χ1) is 9.91. The van der Waals surface area contributed by atoms with Gasteiger partial charge in [0, 0.05) is 6.54 Å². The van der Waals surface area contributed by atoms with Gasteiger partial charge in [0.15, 0.2) is 0 Å². The second-order valence-electron chi connectivity index (χ2n) is 5.25. The second kappa shape index (κ2) is 6.26. The van der Waals surface area contributed by atoms with Crippen molar-refractivity contribution in [2.75, 3.05) is 6.54 Å². The van der Waals surface area contributed by atoms with Crippen molar-refractivity contribution in [1.29, 1.82) is 0 Å². The molecule has 0 saturated carbocycles. The smallest absolute Gasteiger partial charge is 0.326 e. The first-order valence-electron chi connectivity index (χ1n) is 6.79. The van der Waals surface area contributed by atoms with Gasteiger partial charge in [-0.15, -0.1) is 11.3 Å². The van der Waals surface area contributed by atoms with Crippen LogP contribution in [-0.2, 0) is 9.59 Å². The Kier molecular flexibility index (Phi) is 4.62. The third kappa shape index (κ3) is 3.24. The lowest BCUT2D eigenvalue weighted by molar-refractivity contribution is -0.149. The van der Waals surface area contributed by atoms with Gasteiger partial charge < -0.3 is 15.3 Å². The minimum Gasteiger partial charge on any atom is -0.480 e. The van der Waals surface area contributed by atoms with E-state index in [4.69, 9.17) is 0 Å². The highest BCUT2D eigenvalue weighted by Gasteiger charge is 2.40. The Hall–Kier alpha value is -1.89. The number of carboxylic acid groups (broad SMARTS) is 1. The first kappa shape index (κ1) is 15.5. The molecule has 1 saturated heterocycles. The van der Waals surface area contributed by atoms with Crippen molar-refractivity contribution in [1.82, 2.24) is 10.2 Å². The zero-order valence-corrected chi connectivity index (χ0v) is 12.7. The molecule has 6 nitrogen and oxygen atoms in total. The van der Waals surface area contributed by atoms with E-state index < -0.39 is 18.1 Å². The monoisotopic (exact) mass is 310 g/mol. The minimum atomic E-state index is -0.995. The second-order valence-corrected chi connectivity index (χ2v) is 6.20. The number of hydrogen-bond acceptors (Lipinski definition) is 4. The zero-order valence-electron chi connectivity index (χ0n) is 11.9. The van der Waals surface area contributed by atoms with Crippen LogP contribution in [0.25, 0.3) is 0 Å². The third-order valence-corrected chi connectivity index (χ3v) is 4.57. The molecular formula is C14H18N2O4S. The van der Waals surface area contributed by atoms with Gasteiger partial charge >= 0.3 is 5.97 Å². The molecular weight excluding hydrogens is 292 g/mol. The topological polar surface area (TPSA) is 86.7 Å². The molecule has 1 aliphatic rings. The van der Waals surface area contributed by atoms with Crippen molar-refractivity contribution >= 4 is 29.1 Å². The Morgan fingerprint density at radius 2 is 2.19 bits per heavy atom. The van der Waals surface area contributed by atoms with Crippen LogP contribution >= 0.6 is 11.3 Å². The van der Waals surface area contributed by atoms with Crippen molar-refractivity contribution in [3.63, 3.8) is 0 Å². The fourth-order valence-electron chi connectivity index (χ4n) is 2.56. The summed E-state index contributed by atoms with van der Waals surface area (Å²) < 4.78 is 0. The summed E-state index contributed by atoms with van der Waals surface area (Å²) in [5.74, 6) is -1.74. The van der Waals surface area contributed by atoms with Gasteiger partial charge in [-0.3, -0.25) is 9.59 Å². The molecule has 0 spiro atoms. The van der Waals surface area contributed by atoms with Crippen LogP contribution in [0.5, 0.6) is 0 Å². The normalized spacial score (nSPS) is 22.9. The summed E-state index contributed by atoms with van der Waals surface area (Å²) in [6.07, 6.45) is 0.661. The molecule has 1 aromatic heterocycles. The molecule has 114 valence electrons. The van der Waals surface area contributed by atoms with Crippen LogP contribution in [0.2, 0.25) is 0 Å². The van der Waals surface area contributed by atoms with E-state index in [1.54, 1.807) is 24.4 Å². The Balaban J connectivity index is 2.02. The maximum Gasteiger partial charge on any atom is 0.326 e. The van der Waals surface area contributed by atoms with Gasteiger partial charge in [-0.1, -0.05) is 13.0 Å². The first-order valence-corrected chi connectivity index (χ1v) is 7.67.